The highest BCUT2D eigenvalue weighted by Gasteiger charge is 2.40. The van der Waals surface area contributed by atoms with Crippen molar-refractivity contribution < 1.29 is 22.8 Å². The number of nitrogens with zero attached hydrogens (tertiary/aromatic N) is 4. The molecule has 2 aromatic carbocycles. The van der Waals surface area contributed by atoms with Gasteiger partial charge in [0, 0.05) is 44.8 Å². The zero-order valence-electron chi connectivity index (χ0n) is 19.3. The van der Waals surface area contributed by atoms with Crippen LogP contribution in [0.25, 0.3) is 5.69 Å². The number of nitrogens with one attached hydrogen (secondary N) is 1. The van der Waals surface area contributed by atoms with Gasteiger partial charge in [-0.1, -0.05) is 36.4 Å². The Morgan fingerprint density at radius 1 is 0.971 bits per heavy atom. The number of para-hydroxylation sites is 2. The molecule has 3 aromatic rings. The molecular formula is C25H26F3N5O2. The number of aryl methyl sites for hydroxylation is 1. The second-order valence-corrected chi connectivity index (χ2v) is 8.31. The average Bonchev–Trinajstić information content (AvgIpc) is 3.31. The summed E-state index contributed by atoms with van der Waals surface area (Å²) in [6.07, 6.45) is -3.88. The molecule has 0 spiro atoms. The third-order valence-corrected chi connectivity index (χ3v) is 6.00. The highest BCUT2D eigenvalue weighted by atomic mass is 19.4. The molecule has 1 N–H and O–H groups in total. The summed E-state index contributed by atoms with van der Waals surface area (Å²) in [6, 6.07) is 16.4. The van der Waals surface area contributed by atoms with Crippen LogP contribution in [0.15, 0.2) is 60.8 Å². The smallest absolute Gasteiger partial charge is 0.368 e. The van der Waals surface area contributed by atoms with Gasteiger partial charge in [-0.15, -0.1) is 0 Å². The lowest BCUT2D eigenvalue weighted by molar-refractivity contribution is -0.143. The van der Waals surface area contributed by atoms with Gasteiger partial charge in [-0.3, -0.25) is 9.59 Å². The summed E-state index contributed by atoms with van der Waals surface area (Å²) < 4.78 is 42.3. The van der Waals surface area contributed by atoms with Gasteiger partial charge < -0.3 is 15.1 Å². The fraction of sp³-hybridized carbons (Fsp3) is 0.320. The number of rotatable bonds is 6. The van der Waals surface area contributed by atoms with E-state index in [0.717, 1.165) is 16.6 Å². The summed E-state index contributed by atoms with van der Waals surface area (Å²) in [5.74, 6) is -1.07. The lowest BCUT2D eigenvalue weighted by Gasteiger charge is -2.36. The van der Waals surface area contributed by atoms with E-state index in [4.69, 9.17) is 0 Å². The van der Waals surface area contributed by atoms with Crippen LogP contribution < -0.4 is 10.2 Å². The van der Waals surface area contributed by atoms with Crippen LogP contribution in [-0.2, 0) is 11.0 Å². The number of anilines is 1. The van der Waals surface area contributed by atoms with Crippen LogP contribution in [0.3, 0.4) is 0 Å². The van der Waals surface area contributed by atoms with Gasteiger partial charge in [0.2, 0.25) is 5.91 Å². The lowest BCUT2D eigenvalue weighted by Crippen LogP contribution is -2.49. The Morgan fingerprint density at radius 3 is 2.29 bits per heavy atom. The van der Waals surface area contributed by atoms with Gasteiger partial charge in [-0.2, -0.15) is 18.3 Å². The Labute approximate surface area is 201 Å². The van der Waals surface area contributed by atoms with Gasteiger partial charge in [0.25, 0.3) is 5.91 Å². The van der Waals surface area contributed by atoms with Crippen LogP contribution in [-0.4, -0.2) is 59.2 Å². The monoisotopic (exact) mass is 485 g/mol. The molecule has 0 bridgehead atoms. The Morgan fingerprint density at radius 2 is 1.63 bits per heavy atom. The van der Waals surface area contributed by atoms with E-state index in [-0.39, 0.29) is 24.6 Å². The van der Waals surface area contributed by atoms with E-state index >= 15 is 0 Å². The van der Waals surface area contributed by atoms with Gasteiger partial charge in [-0.25, -0.2) is 4.68 Å². The molecule has 1 aliphatic heterocycles. The van der Waals surface area contributed by atoms with Crippen LogP contribution in [0, 0.1) is 6.92 Å². The van der Waals surface area contributed by atoms with Crippen molar-refractivity contribution in [2.75, 3.05) is 37.6 Å². The fourth-order valence-corrected chi connectivity index (χ4v) is 4.16. The lowest BCUT2D eigenvalue weighted by atomic mass is 10.1. The second kappa shape index (κ2) is 10.2. The largest absolute Gasteiger partial charge is 0.434 e. The van der Waals surface area contributed by atoms with E-state index in [0.29, 0.717) is 31.7 Å². The van der Waals surface area contributed by atoms with Gasteiger partial charge in [0.15, 0.2) is 5.69 Å². The minimum Gasteiger partial charge on any atom is -0.368 e. The van der Waals surface area contributed by atoms with Crippen molar-refractivity contribution in [2.45, 2.75) is 19.5 Å². The Hall–Kier alpha value is -3.82. The molecule has 0 radical (unpaired) electrons. The zero-order valence-corrected chi connectivity index (χ0v) is 19.3. The topological polar surface area (TPSA) is 70.5 Å². The summed E-state index contributed by atoms with van der Waals surface area (Å²) in [6.45, 7) is 4.07. The molecule has 0 aliphatic carbocycles. The third-order valence-electron chi connectivity index (χ3n) is 6.00. The molecule has 0 saturated carbocycles. The number of alkyl halides is 3. The summed E-state index contributed by atoms with van der Waals surface area (Å²) in [4.78, 5) is 29.1. The number of amides is 2. The van der Waals surface area contributed by atoms with Gasteiger partial charge in [0.1, 0.15) is 0 Å². The van der Waals surface area contributed by atoms with Crippen molar-refractivity contribution in [3.05, 3.63) is 77.6 Å². The van der Waals surface area contributed by atoms with Crippen molar-refractivity contribution in [3.8, 4) is 5.69 Å². The number of halogens is 3. The van der Waals surface area contributed by atoms with Crippen LogP contribution in [0.1, 0.15) is 28.0 Å². The Bertz CT molecular complexity index is 1190. The molecule has 0 unspecified atom stereocenters. The van der Waals surface area contributed by atoms with Crippen molar-refractivity contribution in [3.63, 3.8) is 0 Å². The van der Waals surface area contributed by atoms with Crippen molar-refractivity contribution in [2.24, 2.45) is 0 Å². The van der Waals surface area contributed by atoms with Gasteiger partial charge in [0.05, 0.1) is 17.4 Å². The van der Waals surface area contributed by atoms with Gasteiger partial charge >= 0.3 is 6.18 Å². The van der Waals surface area contributed by atoms with Crippen LogP contribution in [0.5, 0.6) is 0 Å². The molecule has 10 heteroatoms. The van der Waals surface area contributed by atoms with Crippen molar-refractivity contribution in [1.82, 2.24) is 20.0 Å². The molecule has 2 amide bonds. The summed E-state index contributed by atoms with van der Waals surface area (Å²) in [5.41, 5.74) is 0.200. The first kappa shape index (κ1) is 24.3. The maximum absolute atomic E-state index is 13.9. The average molecular weight is 486 g/mol. The highest BCUT2D eigenvalue weighted by molar-refractivity contribution is 5.95. The van der Waals surface area contributed by atoms with E-state index < -0.39 is 23.3 Å². The predicted octanol–water partition coefficient (Wildman–Crippen LogP) is 3.67. The van der Waals surface area contributed by atoms with Crippen LogP contribution in [0.4, 0.5) is 18.9 Å². The number of carbonyl (C=O) groups excluding carboxylic acids is 2. The van der Waals surface area contributed by atoms with E-state index in [1.807, 2.05) is 30.3 Å². The molecule has 2 heterocycles. The number of piperazine rings is 1. The Balaban J connectivity index is 1.35. The summed E-state index contributed by atoms with van der Waals surface area (Å²) in [7, 11) is 0. The zero-order chi connectivity index (χ0) is 25.0. The minimum atomic E-state index is -4.79. The van der Waals surface area contributed by atoms with Gasteiger partial charge in [-0.05, 0) is 30.7 Å². The van der Waals surface area contributed by atoms with E-state index in [2.05, 4.69) is 15.3 Å². The minimum absolute atomic E-state index is 0.00432. The van der Waals surface area contributed by atoms with E-state index in [1.54, 1.807) is 30.0 Å². The SMILES string of the molecule is Cc1ccccc1-n1ncc(C(=O)NCCC(=O)N2CCN(c3ccccc3)CC2)c1C(F)(F)F. The molecule has 7 nitrogen and oxygen atoms in total. The highest BCUT2D eigenvalue weighted by Crippen LogP contribution is 2.34. The number of hydrogen-bond donors (Lipinski definition) is 1. The molecule has 1 aliphatic rings. The maximum Gasteiger partial charge on any atom is 0.434 e. The molecule has 1 fully saturated rings. The van der Waals surface area contributed by atoms with Crippen LogP contribution in [0.2, 0.25) is 0 Å². The first-order chi connectivity index (χ1) is 16.8. The molecule has 0 atom stereocenters. The number of hydrogen-bond acceptors (Lipinski definition) is 4. The number of carbonyl (C=O) groups is 2. The third kappa shape index (κ3) is 5.47. The normalized spacial score (nSPS) is 14.2. The second-order valence-electron chi connectivity index (χ2n) is 8.31. The molecule has 1 aromatic heterocycles. The van der Waals surface area contributed by atoms with Crippen molar-refractivity contribution in [1.29, 1.82) is 0 Å². The van der Waals surface area contributed by atoms with Crippen LogP contribution >= 0.6 is 0 Å². The molecule has 1 saturated heterocycles. The Kier molecular flexibility index (Phi) is 7.09. The van der Waals surface area contributed by atoms with E-state index in [9.17, 15) is 22.8 Å². The molecular weight excluding hydrogens is 459 g/mol. The molecule has 184 valence electrons. The summed E-state index contributed by atoms with van der Waals surface area (Å²) in [5, 5.41) is 6.28. The molecule has 35 heavy (non-hydrogen) atoms. The number of benzene rings is 2. The van der Waals surface area contributed by atoms with Crippen molar-refractivity contribution >= 4 is 17.5 Å². The summed E-state index contributed by atoms with van der Waals surface area (Å²) >= 11 is 0. The fourth-order valence-electron chi connectivity index (χ4n) is 4.16. The maximum atomic E-state index is 13.9. The number of aromatic nitrogens is 2. The standard InChI is InChI=1S/C25H26F3N5O2/c1-18-7-5-6-10-21(18)33-23(25(26,27)28)20(17-30-33)24(35)29-12-11-22(34)32-15-13-31(14-16-32)19-8-3-2-4-9-19/h2-10,17H,11-16H2,1H3,(H,29,35). The van der Waals surface area contributed by atoms with E-state index in [1.165, 1.54) is 6.07 Å². The molecule has 4 rings (SSSR count). The quantitative estimate of drug-likeness (QED) is 0.579. The first-order valence-electron chi connectivity index (χ1n) is 11.3. The predicted molar refractivity (Wildman–Crippen MR) is 125 cm³/mol. The first-order valence-corrected chi connectivity index (χ1v) is 11.3.